The Morgan fingerprint density at radius 2 is 1.96 bits per heavy atom. The predicted octanol–water partition coefficient (Wildman–Crippen LogP) is 1.26. The average molecular weight is 368 g/mol. The highest BCUT2D eigenvalue weighted by molar-refractivity contribution is 7.90. The molecule has 0 radical (unpaired) electrons. The van der Waals surface area contributed by atoms with Crippen molar-refractivity contribution in [2.45, 2.75) is 18.7 Å². The molecule has 0 saturated carbocycles. The first-order valence-electron chi connectivity index (χ1n) is 7.22. The molecule has 0 spiro atoms. The Kier molecular flexibility index (Phi) is 4.33. The molecule has 24 heavy (non-hydrogen) atoms. The van der Waals surface area contributed by atoms with Crippen LogP contribution < -0.4 is 0 Å². The summed E-state index contributed by atoms with van der Waals surface area (Å²) in [4.78, 5) is 0. The van der Waals surface area contributed by atoms with Gasteiger partial charge in [0.25, 0.3) is 10.1 Å². The van der Waals surface area contributed by atoms with Gasteiger partial charge in [-0.15, -0.1) is 0 Å². The van der Waals surface area contributed by atoms with Gasteiger partial charge in [-0.25, -0.2) is 8.42 Å². The Morgan fingerprint density at radius 3 is 2.62 bits per heavy atom. The zero-order chi connectivity index (χ0) is 17.4. The number of sulfone groups is 1. The number of nitrogens with zero attached hydrogens (tertiary/aromatic N) is 2. The second kappa shape index (κ2) is 6.15. The molecule has 0 aliphatic carbocycles. The second-order valence-electron chi connectivity index (χ2n) is 5.61. The van der Waals surface area contributed by atoms with E-state index in [9.17, 15) is 16.8 Å². The number of rotatable bonds is 4. The fraction of sp³-hybridized carbons (Fsp3) is 0.267. The lowest BCUT2D eigenvalue weighted by atomic mass is 10.1. The van der Waals surface area contributed by atoms with Crippen LogP contribution in [-0.4, -0.2) is 36.9 Å². The third-order valence-corrected chi connectivity index (χ3v) is 5.82. The SMILES string of the molecule is O=S(=O)(O)/C=C/c1nn(Cc2ccccc2)c2c1CS(=O)(=O)CC2. The van der Waals surface area contributed by atoms with Crippen LogP contribution in [0, 0.1) is 0 Å². The zero-order valence-corrected chi connectivity index (χ0v) is 14.3. The molecule has 2 heterocycles. The van der Waals surface area contributed by atoms with Crippen LogP contribution in [0.2, 0.25) is 0 Å². The standard InChI is InChI=1S/C15H16N2O5S2/c18-23(19)8-7-15-13(11-23)14(6-9-24(20,21)22)16-17(15)10-12-4-2-1-3-5-12/h1-6,9H,7-8,10-11H2,(H,20,21,22)/b9-6+. The van der Waals surface area contributed by atoms with Crippen molar-refractivity contribution in [1.29, 1.82) is 0 Å². The summed E-state index contributed by atoms with van der Waals surface area (Å²) >= 11 is 0. The Balaban J connectivity index is 2.05. The number of benzene rings is 1. The van der Waals surface area contributed by atoms with Crippen LogP contribution >= 0.6 is 0 Å². The quantitative estimate of drug-likeness (QED) is 0.815. The zero-order valence-electron chi connectivity index (χ0n) is 12.7. The number of hydrogen-bond acceptors (Lipinski definition) is 5. The molecule has 1 aromatic carbocycles. The highest BCUT2D eigenvalue weighted by Gasteiger charge is 2.28. The van der Waals surface area contributed by atoms with Crippen molar-refractivity contribution in [1.82, 2.24) is 9.78 Å². The number of hydrogen-bond donors (Lipinski definition) is 1. The summed E-state index contributed by atoms with van der Waals surface area (Å²) in [6.07, 6.45) is 1.47. The maximum atomic E-state index is 11.9. The van der Waals surface area contributed by atoms with Gasteiger partial charge in [0.2, 0.25) is 0 Å². The van der Waals surface area contributed by atoms with Crippen molar-refractivity contribution in [2.24, 2.45) is 0 Å². The first-order valence-corrected chi connectivity index (χ1v) is 10.5. The summed E-state index contributed by atoms with van der Waals surface area (Å²) in [5.74, 6) is -0.135. The van der Waals surface area contributed by atoms with E-state index in [4.69, 9.17) is 4.55 Å². The molecule has 0 amide bonds. The second-order valence-corrected chi connectivity index (χ2v) is 9.10. The largest absolute Gasteiger partial charge is 0.287 e. The number of aromatic nitrogens is 2. The van der Waals surface area contributed by atoms with Crippen LogP contribution in [0.1, 0.15) is 22.5 Å². The van der Waals surface area contributed by atoms with Crippen LogP contribution in [0.3, 0.4) is 0 Å². The Hall–Kier alpha value is -1.97. The molecular formula is C15H16N2O5S2. The minimum absolute atomic E-state index is 0.0436. The highest BCUT2D eigenvalue weighted by atomic mass is 32.2. The fourth-order valence-corrected chi connectivity index (χ4v) is 4.41. The molecule has 1 N–H and O–H groups in total. The van der Waals surface area contributed by atoms with Gasteiger partial charge in [-0.3, -0.25) is 9.23 Å². The van der Waals surface area contributed by atoms with Gasteiger partial charge in [0.05, 0.1) is 29.2 Å². The molecule has 0 bridgehead atoms. The van der Waals surface area contributed by atoms with Crippen LogP contribution in [0.4, 0.5) is 0 Å². The van der Waals surface area contributed by atoms with E-state index in [2.05, 4.69) is 5.10 Å². The van der Waals surface area contributed by atoms with E-state index in [0.29, 0.717) is 23.9 Å². The van der Waals surface area contributed by atoms with Crippen LogP contribution in [0.15, 0.2) is 35.7 Å². The molecule has 3 rings (SSSR count). The lowest BCUT2D eigenvalue weighted by Gasteiger charge is -2.15. The Bertz CT molecular complexity index is 990. The predicted molar refractivity (Wildman–Crippen MR) is 89.5 cm³/mol. The molecule has 0 saturated heterocycles. The highest BCUT2D eigenvalue weighted by Crippen LogP contribution is 2.26. The van der Waals surface area contributed by atoms with E-state index < -0.39 is 20.0 Å². The third-order valence-electron chi connectivity index (χ3n) is 3.78. The number of fused-ring (bicyclic) bond motifs is 1. The van der Waals surface area contributed by atoms with E-state index >= 15 is 0 Å². The molecule has 9 heteroatoms. The van der Waals surface area contributed by atoms with Crippen molar-refractivity contribution < 1.29 is 21.4 Å². The molecule has 7 nitrogen and oxygen atoms in total. The van der Waals surface area contributed by atoms with Gasteiger partial charge < -0.3 is 0 Å². The maximum Gasteiger partial charge on any atom is 0.287 e. The van der Waals surface area contributed by atoms with Crippen molar-refractivity contribution in [3.05, 3.63) is 58.3 Å². The minimum Gasteiger partial charge on any atom is -0.282 e. The van der Waals surface area contributed by atoms with Crippen molar-refractivity contribution in [2.75, 3.05) is 5.75 Å². The van der Waals surface area contributed by atoms with Crippen LogP contribution in [0.25, 0.3) is 6.08 Å². The first kappa shape index (κ1) is 16.9. The summed E-state index contributed by atoms with van der Waals surface area (Å²) in [7, 11) is -7.54. The van der Waals surface area contributed by atoms with Crippen LogP contribution in [0.5, 0.6) is 0 Å². The summed E-state index contributed by atoms with van der Waals surface area (Å²) in [5, 5.41) is 4.96. The third kappa shape index (κ3) is 3.92. The van der Waals surface area contributed by atoms with Gasteiger partial charge in [-0.2, -0.15) is 13.5 Å². The lowest BCUT2D eigenvalue weighted by molar-refractivity contribution is 0.494. The Morgan fingerprint density at radius 1 is 1.25 bits per heavy atom. The van der Waals surface area contributed by atoms with E-state index in [0.717, 1.165) is 17.3 Å². The summed E-state index contributed by atoms with van der Waals surface area (Å²) in [5.41, 5.74) is 2.53. The minimum atomic E-state index is -4.31. The fourth-order valence-electron chi connectivity index (χ4n) is 2.71. The lowest BCUT2D eigenvalue weighted by Crippen LogP contribution is -2.21. The molecule has 0 unspecified atom stereocenters. The smallest absolute Gasteiger partial charge is 0.282 e. The summed E-state index contributed by atoms with van der Waals surface area (Å²) in [6.45, 7) is 0.461. The molecule has 0 fully saturated rings. The van der Waals surface area contributed by atoms with Gasteiger partial charge in [-0.1, -0.05) is 30.3 Å². The van der Waals surface area contributed by atoms with Gasteiger partial charge in [0, 0.05) is 17.7 Å². The van der Waals surface area contributed by atoms with E-state index in [1.165, 1.54) is 0 Å². The molecule has 1 aromatic heterocycles. The molecule has 1 aliphatic rings. The molecule has 2 aromatic rings. The van der Waals surface area contributed by atoms with Crippen molar-refractivity contribution in [3.8, 4) is 0 Å². The summed E-state index contributed by atoms with van der Waals surface area (Å²) < 4.78 is 56.2. The van der Waals surface area contributed by atoms with Gasteiger partial charge in [0.15, 0.2) is 9.84 Å². The molecule has 0 atom stereocenters. The average Bonchev–Trinajstić information content (AvgIpc) is 2.81. The molecular weight excluding hydrogens is 352 g/mol. The van der Waals surface area contributed by atoms with Gasteiger partial charge in [0.1, 0.15) is 0 Å². The molecule has 1 aliphatic heterocycles. The van der Waals surface area contributed by atoms with E-state index in [1.54, 1.807) is 4.68 Å². The van der Waals surface area contributed by atoms with Gasteiger partial charge in [-0.05, 0) is 11.6 Å². The topological polar surface area (TPSA) is 106 Å². The van der Waals surface area contributed by atoms with Crippen molar-refractivity contribution >= 4 is 26.0 Å². The normalized spacial score (nSPS) is 17.0. The first-order chi connectivity index (χ1) is 11.2. The van der Waals surface area contributed by atoms with Crippen LogP contribution in [-0.2, 0) is 38.7 Å². The molecule has 128 valence electrons. The van der Waals surface area contributed by atoms with Gasteiger partial charge >= 0.3 is 0 Å². The van der Waals surface area contributed by atoms with Crippen molar-refractivity contribution in [3.63, 3.8) is 0 Å². The monoisotopic (exact) mass is 368 g/mol. The Labute approximate surface area is 140 Å². The maximum absolute atomic E-state index is 11.9. The summed E-state index contributed by atoms with van der Waals surface area (Å²) in [6, 6.07) is 9.56. The van der Waals surface area contributed by atoms with E-state index in [1.807, 2.05) is 30.3 Å². The van der Waals surface area contributed by atoms with E-state index in [-0.39, 0.29) is 17.2 Å².